The summed E-state index contributed by atoms with van der Waals surface area (Å²) in [5.74, 6) is 0. The van der Waals surface area contributed by atoms with Gasteiger partial charge in [-0.15, -0.1) is 0 Å². The van der Waals surface area contributed by atoms with Gasteiger partial charge in [0, 0.05) is 38.3 Å². The zero-order valence-electron chi connectivity index (χ0n) is 36.1. The van der Waals surface area contributed by atoms with E-state index in [2.05, 4.69) is 234 Å². The molecule has 0 amide bonds. The summed E-state index contributed by atoms with van der Waals surface area (Å²) in [5, 5.41) is 5.89. The predicted molar refractivity (Wildman–Crippen MR) is 277 cm³/mol. The van der Waals surface area contributed by atoms with Gasteiger partial charge in [0.1, 0.15) is 11.1 Å². The highest BCUT2D eigenvalue weighted by molar-refractivity contribution is 6.12. The Hall–Kier alpha value is -9.06. The molecule has 0 radical (unpaired) electrons. The molecular weight excluding hydrogens is 817 g/mol. The summed E-state index contributed by atoms with van der Waals surface area (Å²) in [5.41, 5.74) is 19.9. The van der Waals surface area contributed by atoms with Crippen LogP contribution in [0.25, 0.3) is 133 Å². The lowest BCUT2D eigenvalue weighted by atomic mass is 9.97. The van der Waals surface area contributed by atoms with Gasteiger partial charge in [0.25, 0.3) is 0 Å². The molecule has 5 heteroatoms. The molecule has 0 aliphatic heterocycles. The minimum absolute atomic E-state index is 0.537. The number of aromatic nitrogens is 4. The van der Waals surface area contributed by atoms with Crippen molar-refractivity contribution < 1.29 is 4.42 Å². The van der Waals surface area contributed by atoms with E-state index in [9.17, 15) is 0 Å². The van der Waals surface area contributed by atoms with Crippen LogP contribution in [-0.4, -0.2) is 19.1 Å². The van der Waals surface area contributed by atoms with E-state index in [-0.39, 0.29) is 0 Å². The van der Waals surface area contributed by atoms with Gasteiger partial charge in [-0.05, 0) is 142 Å². The molecule has 5 nitrogen and oxygen atoms in total. The van der Waals surface area contributed by atoms with Gasteiger partial charge in [-0.1, -0.05) is 133 Å². The lowest BCUT2D eigenvalue weighted by Gasteiger charge is -2.09. The topological polar surface area (TPSA) is 48.8 Å². The molecule has 0 atom stereocenters. The molecule has 0 aliphatic rings. The fourth-order valence-electron chi connectivity index (χ4n) is 10.3. The Bertz CT molecular complexity index is 4270. The first-order chi connectivity index (χ1) is 33.2. The summed E-state index contributed by atoms with van der Waals surface area (Å²) in [6, 6.07) is 82.5. The van der Waals surface area contributed by atoms with Gasteiger partial charge >= 0.3 is 0 Å². The van der Waals surface area contributed by atoms with Crippen LogP contribution < -0.4 is 0 Å². The highest BCUT2D eigenvalue weighted by Crippen LogP contribution is 2.39. The fourth-order valence-corrected chi connectivity index (χ4v) is 10.3. The second-order valence-electron chi connectivity index (χ2n) is 17.4. The van der Waals surface area contributed by atoms with Crippen LogP contribution in [0.5, 0.6) is 0 Å². The van der Waals surface area contributed by atoms with Crippen molar-refractivity contribution in [3.8, 4) is 55.9 Å². The largest absolute Gasteiger partial charge is 0.436 e. The quantitative estimate of drug-likeness (QED) is 0.167. The van der Waals surface area contributed by atoms with Crippen molar-refractivity contribution in [2.45, 2.75) is 0 Å². The number of furan rings is 1. The van der Waals surface area contributed by atoms with E-state index in [1.54, 1.807) is 0 Å². The minimum Gasteiger partial charge on any atom is -0.436 e. The molecule has 0 saturated heterocycles. The third-order valence-electron chi connectivity index (χ3n) is 13.5. The molecular formula is C62H38N4O. The fraction of sp³-hybridized carbons (Fsp3) is 0. The van der Waals surface area contributed by atoms with Gasteiger partial charge < -0.3 is 13.6 Å². The Balaban J connectivity index is 0.811. The molecule has 0 spiro atoms. The van der Waals surface area contributed by atoms with Crippen LogP contribution in [0.4, 0.5) is 0 Å². The van der Waals surface area contributed by atoms with Crippen LogP contribution in [0.1, 0.15) is 0 Å². The molecule has 67 heavy (non-hydrogen) atoms. The molecule has 0 N–H and O–H groups in total. The van der Waals surface area contributed by atoms with E-state index < -0.39 is 0 Å². The van der Waals surface area contributed by atoms with Gasteiger partial charge in [0.05, 0.1) is 33.1 Å². The average Bonchev–Trinajstić information content (AvgIpc) is 4.05. The summed E-state index contributed by atoms with van der Waals surface area (Å²) in [6.07, 6.45) is 0. The van der Waals surface area contributed by atoms with Crippen molar-refractivity contribution in [1.29, 1.82) is 0 Å². The third-order valence-corrected chi connectivity index (χ3v) is 13.5. The van der Waals surface area contributed by atoms with Crippen molar-refractivity contribution >= 4 is 76.8 Å². The zero-order valence-corrected chi connectivity index (χ0v) is 36.1. The third kappa shape index (κ3) is 6.02. The number of hydrogen-bond donors (Lipinski definition) is 0. The molecule has 0 fully saturated rings. The summed E-state index contributed by atoms with van der Waals surface area (Å²) in [7, 11) is 0. The summed E-state index contributed by atoms with van der Waals surface area (Å²) in [6.45, 7) is 0. The molecule has 14 rings (SSSR count). The second kappa shape index (κ2) is 14.7. The van der Waals surface area contributed by atoms with E-state index in [0.29, 0.717) is 5.71 Å². The van der Waals surface area contributed by atoms with E-state index in [1.165, 1.54) is 54.7 Å². The summed E-state index contributed by atoms with van der Waals surface area (Å²) >= 11 is 0. The van der Waals surface area contributed by atoms with Gasteiger partial charge in [0.2, 0.25) is 5.71 Å². The molecule has 4 aromatic heterocycles. The normalized spacial score (nSPS) is 11.9. The Kier molecular flexibility index (Phi) is 8.21. The van der Waals surface area contributed by atoms with Crippen molar-refractivity contribution in [2.24, 2.45) is 0 Å². The monoisotopic (exact) mass is 854 g/mol. The van der Waals surface area contributed by atoms with Gasteiger partial charge in [0.15, 0.2) is 0 Å². The lowest BCUT2D eigenvalue weighted by molar-refractivity contribution is 0.655. The number of rotatable bonds is 6. The molecule has 4 heterocycles. The van der Waals surface area contributed by atoms with E-state index >= 15 is 0 Å². The Morgan fingerprint density at radius 3 is 1.27 bits per heavy atom. The Morgan fingerprint density at radius 2 is 0.716 bits per heavy atom. The first-order valence-corrected chi connectivity index (χ1v) is 22.7. The predicted octanol–water partition coefficient (Wildman–Crippen LogP) is 16.4. The highest BCUT2D eigenvalue weighted by Gasteiger charge is 2.17. The van der Waals surface area contributed by atoms with Crippen LogP contribution in [0.15, 0.2) is 235 Å². The van der Waals surface area contributed by atoms with Crippen molar-refractivity contribution in [1.82, 2.24) is 19.1 Å². The number of para-hydroxylation sites is 4. The Morgan fingerprint density at radius 1 is 0.284 bits per heavy atom. The minimum atomic E-state index is 0.537. The maximum atomic E-state index is 6.34. The van der Waals surface area contributed by atoms with E-state index in [0.717, 1.165) is 72.3 Å². The maximum Gasteiger partial charge on any atom is 0.246 e. The number of benzene rings is 10. The molecule has 0 bridgehead atoms. The molecule has 0 aliphatic carbocycles. The smallest absolute Gasteiger partial charge is 0.246 e. The molecule has 0 unspecified atom stereocenters. The van der Waals surface area contributed by atoms with Gasteiger partial charge in [-0.3, -0.25) is 0 Å². The van der Waals surface area contributed by atoms with Gasteiger partial charge in [-0.2, -0.15) is 0 Å². The van der Waals surface area contributed by atoms with Crippen molar-refractivity contribution in [3.05, 3.63) is 231 Å². The first-order valence-electron chi connectivity index (χ1n) is 22.7. The standard InChI is InChI=1S/C62H38N4O/c1-3-17-47(18-4-1)65-56-23-9-7-21-49(56)51-35-43(26-30-58(51)65)39-13-11-15-41(33-39)45-28-32-60-53(37-45)61-62(67-60)64-54-29-25-46(38-55(54)63-61)42-16-12-14-40(34-42)44-27-31-59-52(36-44)50-22-8-10-24-57(50)66(59)48-19-5-2-6-20-48/h1-38H. The van der Waals surface area contributed by atoms with Crippen LogP contribution in [0, 0.1) is 0 Å². The first kappa shape index (κ1) is 37.3. The highest BCUT2D eigenvalue weighted by atomic mass is 16.3. The number of hydrogen-bond acceptors (Lipinski definition) is 3. The summed E-state index contributed by atoms with van der Waals surface area (Å²) < 4.78 is 11.1. The van der Waals surface area contributed by atoms with Crippen LogP contribution >= 0.6 is 0 Å². The second-order valence-corrected chi connectivity index (χ2v) is 17.4. The Labute approximate surface area is 385 Å². The van der Waals surface area contributed by atoms with E-state index in [1.807, 2.05) is 6.07 Å². The average molecular weight is 855 g/mol. The summed E-state index contributed by atoms with van der Waals surface area (Å²) in [4.78, 5) is 10.2. The maximum absolute atomic E-state index is 6.34. The van der Waals surface area contributed by atoms with Crippen molar-refractivity contribution in [3.63, 3.8) is 0 Å². The molecule has 0 saturated carbocycles. The molecule has 312 valence electrons. The number of fused-ring (bicyclic) bond motifs is 10. The van der Waals surface area contributed by atoms with Crippen LogP contribution in [0.3, 0.4) is 0 Å². The van der Waals surface area contributed by atoms with E-state index in [4.69, 9.17) is 14.4 Å². The van der Waals surface area contributed by atoms with Gasteiger partial charge in [-0.25, -0.2) is 9.97 Å². The number of nitrogens with zero attached hydrogens (tertiary/aromatic N) is 4. The van der Waals surface area contributed by atoms with Crippen LogP contribution in [-0.2, 0) is 0 Å². The molecule has 10 aromatic carbocycles. The molecule has 14 aromatic rings. The zero-order chi connectivity index (χ0) is 44.0. The SMILES string of the molecule is c1ccc(-n2c3ccccc3c3cc(-c4cccc(-c5ccc6nc7oc8ccc(-c9cccc(-c%10ccc%11c(c%10)c%10ccccc%10n%11-c%10ccccc%10)c9)cc8c7nc6c5)c4)ccc32)cc1. The lowest BCUT2D eigenvalue weighted by Crippen LogP contribution is -1.92. The van der Waals surface area contributed by atoms with Crippen LogP contribution in [0.2, 0.25) is 0 Å². The van der Waals surface area contributed by atoms with Crippen molar-refractivity contribution in [2.75, 3.05) is 0 Å².